The molecule has 27 heavy (non-hydrogen) atoms. The molecule has 0 saturated carbocycles. The molecule has 146 valence electrons. The van der Waals surface area contributed by atoms with Crippen LogP contribution >= 0.6 is 23.4 Å². The maximum absolute atomic E-state index is 10.6. The zero-order chi connectivity index (χ0) is 19.0. The van der Waals surface area contributed by atoms with Gasteiger partial charge in [-0.15, -0.1) is 0 Å². The van der Waals surface area contributed by atoms with E-state index in [9.17, 15) is 5.11 Å². The normalized spacial score (nSPS) is 28.0. The number of piperidine rings is 1. The van der Waals surface area contributed by atoms with Crippen molar-refractivity contribution in [1.29, 1.82) is 0 Å². The van der Waals surface area contributed by atoms with Crippen LogP contribution in [0.3, 0.4) is 0 Å². The summed E-state index contributed by atoms with van der Waals surface area (Å²) >= 11 is 8.13. The third kappa shape index (κ3) is 3.80. The van der Waals surface area contributed by atoms with Crippen molar-refractivity contribution < 1.29 is 5.11 Å². The van der Waals surface area contributed by atoms with E-state index in [-0.39, 0.29) is 11.5 Å². The molecule has 2 heterocycles. The molecule has 1 aliphatic heterocycles. The monoisotopic (exact) mass is 405 g/mol. The smallest absolute Gasteiger partial charge is 0.0801 e. The lowest BCUT2D eigenvalue weighted by Gasteiger charge is -2.44. The zero-order valence-corrected chi connectivity index (χ0v) is 17.6. The van der Waals surface area contributed by atoms with E-state index in [1.807, 2.05) is 34.8 Å². The molecule has 1 aliphatic carbocycles. The van der Waals surface area contributed by atoms with Crippen molar-refractivity contribution in [3.8, 4) is 0 Å². The molecule has 1 saturated heterocycles. The number of hydrogen-bond acceptors (Lipinski definition) is 4. The summed E-state index contributed by atoms with van der Waals surface area (Å²) in [6.45, 7) is 5.26. The van der Waals surface area contributed by atoms with Crippen LogP contribution in [-0.2, 0) is 18.5 Å². The summed E-state index contributed by atoms with van der Waals surface area (Å²) < 4.78 is 2.05. The molecule has 3 unspecified atom stereocenters. The van der Waals surface area contributed by atoms with Gasteiger partial charge in [-0.1, -0.05) is 17.7 Å². The van der Waals surface area contributed by atoms with Gasteiger partial charge in [0.15, 0.2) is 0 Å². The highest BCUT2D eigenvalue weighted by atomic mass is 35.5. The van der Waals surface area contributed by atoms with E-state index in [0.717, 1.165) is 55.2 Å². The fraction of sp³-hybridized carbons (Fsp3) is 0.571. The first-order valence-electron chi connectivity index (χ1n) is 9.73. The molecule has 0 radical (unpaired) electrons. The Labute approximate surface area is 170 Å². The molecular formula is C21H28ClN3OS. The minimum absolute atomic E-state index is 0.0676. The molecule has 1 spiro atoms. The molecule has 0 bridgehead atoms. The van der Waals surface area contributed by atoms with Crippen LogP contribution in [0.4, 0.5) is 0 Å². The van der Waals surface area contributed by atoms with E-state index in [0.29, 0.717) is 6.04 Å². The number of benzene rings is 1. The first-order chi connectivity index (χ1) is 13.0. The van der Waals surface area contributed by atoms with Crippen LogP contribution in [0.25, 0.3) is 0 Å². The average Bonchev–Trinajstić information content (AvgIpc) is 3.19. The van der Waals surface area contributed by atoms with Crippen LogP contribution in [0.1, 0.15) is 49.0 Å². The minimum atomic E-state index is -0.356. The average molecular weight is 406 g/mol. The molecule has 1 fully saturated rings. The highest BCUT2D eigenvalue weighted by Crippen LogP contribution is 2.52. The van der Waals surface area contributed by atoms with Crippen LogP contribution in [0.15, 0.2) is 30.6 Å². The molecular weight excluding hydrogens is 378 g/mol. The number of rotatable bonds is 5. The van der Waals surface area contributed by atoms with E-state index in [4.69, 9.17) is 11.6 Å². The SMILES string of the molecule is CSCCn1cc(CN2CCC3(CC(O)c4ccc(Cl)cc43)CC2C)cn1. The number of aliphatic hydroxyl groups excluding tert-OH is 1. The summed E-state index contributed by atoms with van der Waals surface area (Å²) in [5, 5.41) is 15.8. The Kier molecular flexibility index (Phi) is 5.57. The van der Waals surface area contributed by atoms with Gasteiger partial charge in [0.2, 0.25) is 0 Å². The molecule has 4 rings (SSSR count). The van der Waals surface area contributed by atoms with Crippen molar-refractivity contribution in [3.05, 3.63) is 52.3 Å². The minimum Gasteiger partial charge on any atom is -0.388 e. The maximum atomic E-state index is 10.6. The van der Waals surface area contributed by atoms with Crippen LogP contribution in [0, 0.1) is 0 Å². The van der Waals surface area contributed by atoms with Gasteiger partial charge in [0.05, 0.1) is 12.3 Å². The lowest BCUT2D eigenvalue weighted by molar-refractivity contribution is 0.0712. The molecule has 0 amide bonds. The van der Waals surface area contributed by atoms with Crippen molar-refractivity contribution in [2.24, 2.45) is 0 Å². The molecule has 2 aliphatic rings. The third-order valence-electron chi connectivity index (χ3n) is 6.31. The zero-order valence-electron chi connectivity index (χ0n) is 16.1. The Bertz CT molecular complexity index is 810. The number of fused-ring (bicyclic) bond motifs is 2. The fourth-order valence-corrected chi connectivity index (χ4v) is 5.48. The molecule has 2 aromatic rings. The third-order valence-corrected chi connectivity index (χ3v) is 7.14. The number of nitrogens with zero attached hydrogens (tertiary/aromatic N) is 3. The fourth-order valence-electron chi connectivity index (χ4n) is 4.94. The number of hydrogen-bond donors (Lipinski definition) is 1. The van der Waals surface area contributed by atoms with E-state index in [1.165, 1.54) is 11.1 Å². The second-order valence-corrected chi connectivity index (χ2v) is 9.53. The first-order valence-corrected chi connectivity index (χ1v) is 11.5. The summed E-state index contributed by atoms with van der Waals surface area (Å²) in [7, 11) is 0. The Morgan fingerprint density at radius 3 is 3.00 bits per heavy atom. The van der Waals surface area contributed by atoms with Gasteiger partial charge in [0.25, 0.3) is 0 Å². The molecule has 1 aromatic heterocycles. The molecule has 4 nitrogen and oxygen atoms in total. The topological polar surface area (TPSA) is 41.3 Å². The lowest BCUT2D eigenvalue weighted by atomic mass is 9.71. The van der Waals surface area contributed by atoms with Gasteiger partial charge in [-0.2, -0.15) is 16.9 Å². The van der Waals surface area contributed by atoms with Crippen LogP contribution < -0.4 is 0 Å². The van der Waals surface area contributed by atoms with E-state index < -0.39 is 0 Å². The summed E-state index contributed by atoms with van der Waals surface area (Å²) in [5.41, 5.74) is 3.71. The number of aliphatic hydroxyl groups is 1. The highest BCUT2D eigenvalue weighted by molar-refractivity contribution is 7.98. The molecule has 3 atom stereocenters. The van der Waals surface area contributed by atoms with E-state index in [2.05, 4.69) is 35.4 Å². The Hall–Kier alpha value is -1.01. The summed E-state index contributed by atoms with van der Waals surface area (Å²) in [4.78, 5) is 2.55. The van der Waals surface area contributed by atoms with Gasteiger partial charge in [-0.3, -0.25) is 9.58 Å². The molecule has 6 heteroatoms. The highest BCUT2D eigenvalue weighted by Gasteiger charge is 2.47. The Balaban J connectivity index is 1.46. The standard InChI is InChI=1S/C21H28ClN3OS/c1-15-10-21(11-20(26)18-4-3-17(22)9-19(18)21)5-6-24(15)13-16-12-23-25(14-16)7-8-27-2/h3-4,9,12,14-15,20,26H,5-8,10-11,13H2,1-2H3. The summed E-state index contributed by atoms with van der Waals surface area (Å²) in [6, 6.07) is 6.46. The van der Waals surface area contributed by atoms with Crippen LogP contribution in [0.5, 0.6) is 0 Å². The van der Waals surface area contributed by atoms with Gasteiger partial charge in [-0.25, -0.2) is 0 Å². The first kappa shape index (κ1) is 19.3. The van der Waals surface area contributed by atoms with Gasteiger partial charge >= 0.3 is 0 Å². The summed E-state index contributed by atoms with van der Waals surface area (Å²) in [5.74, 6) is 1.09. The van der Waals surface area contributed by atoms with Gasteiger partial charge in [0, 0.05) is 47.1 Å². The Morgan fingerprint density at radius 2 is 2.22 bits per heavy atom. The maximum Gasteiger partial charge on any atom is 0.0801 e. The molecule has 1 N–H and O–H groups in total. The summed E-state index contributed by atoms with van der Waals surface area (Å²) in [6.07, 6.45) is 8.92. The quantitative estimate of drug-likeness (QED) is 0.806. The van der Waals surface area contributed by atoms with Gasteiger partial charge in [-0.05, 0) is 62.2 Å². The predicted octanol–water partition coefficient (Wildman–Crippen LogP) is 4.26. The number of aryl methyl sites for hydroxylation is 1. The van der Waals surface area contributed by atoms with Crippen LogP contribution in [0.2, 0.25) is 5.02 Å². The number of likely N-dealkylation sites (tertiary alicyclic amines) is 1. The second-order valence-electron chi connectivity index (χ2n) is 8.11. The van der Waals surface area contributed by atoms with Crippen molar-refractivity contribution in [2.45, 2.75) is 56.8 Å². The van der Waals surface area contributed by atoms with Crippen LogP contribution in [-0.4, -0.2) is 44.4 Å². The largest absolute Gasteiger partial charge is 0.388 e. The van der Waals surface area contributed by atoms with E-state index in [1.54, 1.807) is 0 Å². The number of halogens is 1. The van der Waals surface area contributed by atoms with Gasteiger partial charge < -0.3 is 5.11 Å². The predicted molar refractivity (Wildman–Crippen MR) is 112 cm³/mol. The number of aromatic nitrogens is 2. The van der Waals surface area contributed by atoms with Crippen molar-refractivity contribution in [1.82, 2.24) is 14.7 Å². The number of thioether (sulfide) groups is 1. The molecule has 1 aromatic carbocycles. The van der Waals surface area contributed by atoms with Gasteiger partial charge in [0.1, 0.15) is 0 Å². The van der Waals surface area contributed by atoms with Crippen molar-refractivity contribution in [3.63, 3.8) is 0 Å². The lowest BCUT2D eigenvalue weighted by Crippen LogP contribution is -2.46. The Morgan fingerprint density at radius 1 is 1.37 bits per heavy atom. The van der Waals surface area contributed by atoms with Crippen molar-refractivity contribution in [2.75, 3.05) is 18.6 Å². The van der Waals surface area contributed by atoms with Crippen molar-refractivity contribution >= 4 is 23.4 Å². The van der Waals surface area contributed by atoms with E-state index >= 15 is 0 Å². The second kappa shape index (κ2) is 7.78.